The summed E-state index contributed by atoms with van der Waals surface area (Å²) >= 11 is 0. The number of unbranched alkanes of at least 4 members (excludes halogenated alkanes) is 1. The first-order chi connectivity index (χ1) is 17.3. The van der Waals surface area contributed by atoms with Gasteiger partial charge >= 0.3 is 5.97 Å². The lowest BCUT2D eigenvalue weighted by atomic mass is 10.0. The fourth-order valence-corrected chi connectivity index (χ4v) is 3.55. The van der Waals surface area contributed by atoms with E-state index in [0.29, 0.717) is 19.6 Å². The van der Waals surface area contributed by atoms with Crippen LogP contribution in [0.3, 0.4) is 0 Å². The van der Waals surface area contributed by atoms with E-state index in [0.717, 1.165) is 47.4 Å². The summed E-state index contributed by atoms with van der Waals surface area (Å²) in [7, 11) is 1.68. The van der Waals surface area contributed by atoms with Crippen molar-refractivity contribution in [2.75, 3.05) is 20.3 Å². The van der Waals surface area contributed by atoms with E-state index < -0.39 is 0 Å². The smallest absolute Gasteiger partial charge is 0.310 e. The van der Waals surface area contributed by atoms with Gasteiger partial charge in [0.1, 0.15) is 0 Å². The number of carbonyl (C=O) groups is 2. The van der Waals surface area contributed by atoms with Crippen LogP contribution in [0.2, 0.25) is 0 Å². The Kier molecular flexibility index (Phi) is 12.3. The summed E-state index contributed by atoms with van der Waals surface area (Å²) in [6.45, 7) is 7.12. The van der Waals surface area contributed by atoms with Gasteiger partial charge in [-0.1, -0.05) is 48.0 Å². The first-order valence-electron chi connectivity index (χ1n) is 12.2. The minimum Gasteiger partial charge on any atom is -0.466 e. The number of Topliss-reactive ketones (excluding diaryl/α,β-unsaturated/α-hetero) is 1. The van der Waals surface area contributed by atoms with E-state index in [1.165, 1.54) is 10.7 Å². The molecule has 1 aromatic heterocycles. The lowest BCUT2D eigenvalue weighted by molar-refractivity contribution is -0.142. The second-order valence-electron chi connectivity index (χ2n) is 8.51. The van der Waals surface area contributed by atoms with E-state index in [-0.39, 0.29) is 23.7 Å². The molecular formula is C29H36N2O5. The number of methoxy groups -OCH3 is 1. The third kappa shape index (κ3) is 10.4. The van der Waals surface area contributed by atoms with Gasteiger partial charge in [0.05, 0.1) is 25.3 Å². The maximum atomic E-state index is 11.7. The minimum atomic E-state index is -0.250. The Morgan fingerprint density at radius 1 is 0.944 bits per heavy atom. The molecular weight excluding hydrogens is 456 g/mol. The third-order valence-corrected chi connectivity index (χ3v) is 5.32. The Labute approximate surface area is 213 Å². The van der Waals surface area contributed by atoms with Crippen molar-refractivity contribution in [3.8, 4) is 0 Å². The van der Waals surface area contributed by atoms with Crippen LogP contribution in [-0.2, 0) is 27.2 Å². The van der Waals surface area contributed by atoms with Gasteiger partial charge in [0.25, 0.3) is 5.56 Å². The average molecular weight is 493 g/mol. The van der Waals surface area contributed by atoms with Gasteiger partial charge in [-0.25, -0.2) is 4.68 Å². The molecule has 1 heterocycles. The summed E-state index contributed by atoms with van der Waals surface area (Å²) in [6.07, 6.45) is 2.71. The van der Waals surface area contributed by atoms with E-state index in [2.05, 4.69) is 5.10 Å². The number of nitrogens with zero attached hydrogens (tertiary/aromatic N) is 2. The lowest BCUT2D eigenvalue weighted by Gasteiger charge is -2.07. The normalized spacial score (nSPS) is 10.3. The molecule has 3 aromatic rings. The van der Waals surface area contributed by atoms with Crippen molar-refractivity contribution < 1.29 is 19.1 Å². The highest BCUT2D eigenvalue weighted by atomic mass is 16.5. The van der Waals surface area contributed by atoms with E-state index in [1.807, 2.05) is 62.4 Å². The van der Waals surface area contributed by atoms with Crippen molar-refractivity contribution in [2.24, 2.45) is 0 Å². The van der Waals surface area contributed by atoms with Gasteiger partial charge in [0.15, 0.2) is 5.78 Å². The van der Waals surface area contributed by atoms with Crippen LogP contribution in [0.15, 0.2) is 65.5 Å². The van der Waals surface area contributed by atoms with Gasteiger partial charge in [0.2, 0.25) is 0 Å². The summed E-state index contributed by atoms with van der Waals surface area (Å²) in [5.74, 6) is -0.0182. The van der Waals surface area contributed by atoms with E-state index in [1.54, 1.807) is 20.1 Å². The van der Waals surface area contributed by atoms with Gasteiger partial charge < -0.3 is 9.47 Å². The largest absolute Gasteiger partial charge is 0.466 e. The maximum Gasteiger partial charge on any atom is 0.310 e. The second-order valence-corrected chi connectivity index (χ2v) is 8.51. The first kappa shape index (κ1) is 28.7. The lowest BCUT2D eigenvalue weighted by Crippen LogP contribution is -2.23. The molecule has 0 bridgehead atoms. The molecule has 0 aliphatic carbocycles. The zero-order valence-electron chi connectivity index (χ0n) is 21.7. The minimum absolute atomic E-state index is 0.142. The van der Waals surface area contributed by atoms with E-state index in [9.17, 15) is 14.4 Å². The number of carbonyl (C=O) groups excluding carboxylic acids is 2. The molecule has 0 fully saturated rings. The van der Waals surface area contributed by atoms with Crippen LogP contribution in [0.1, 0.15) is 58.9 Å². The Morgan fingerprint density at radius 2 is 1.69 bits per heavy atom. The number of esters is 1. The van der Waals surface area contributed by atoms with Gasteiger partial charge in [-0.3, -0.25) is 14.4 Å². The Morgan fingerprint density at radius 3 is 2.42 bits per heavy atom. The first-order valence-corrected chi connectivity index (χ1v) is 12.2. The highest BCUT2D eigenvalue weighted by Gasteiger charge is 2.06. The van der Waals surface area contributed by atoms with Crippen molar-refractivity contribution in [1.29, 1.82) is 0 Å². The molecule has 3 rings (SSSR count). The molecule has 0 aliphatic rings. The number of ketones is 1. The molecule has 2 aromatic carbocycles. The van der Waals surface area contributed by atoms with Crippen LogP contribution in [0.4, 0.5) is 0 Å². The van der Waals surface area contributed by atoms with Crippen LogP contribution in [0.25, 0.3) is 0 Å². The predicted molar refractivity (Wildman–Crippen MR) is 140 cm³/mol. The highest BCUT2D eigenvalue weighted by Crippen LogP contribution is 2.10. The number of aryl methyl sites for hydroxylation is 2. The molecule has 7 nitrogen and oxygen atoms in total. The van der Waals surface area contributed by atoms with Gasteiger partial charge in [-0.05, 0) is 56.9 Å². The zero-order valence-corrected chi connectivity index (χ0v) is 21.7. The number of aromatic nitrogens is 2. The predicted octanol–water partition coefficient (Wildman–Crippen LogP) is 4.70. The number of hydrogen-bond acceptors (Lipinski definition) is 6. The van der Waals surface area contributed by atoms with Crippen molar-refractivity contribution >= 4 is 11.8 Å². The van der Waals surface area contributed by atoms with Gasteiger partial charge in [0, 0.05) is 31.8 Å². The molecule has 0 radical (unpaired) electrons. The molecule has 7 heteroatoms. The summed E-state index contributed by atoms with van der Waals surface area (Å²) in [4.78, 5) is 35.0. The van der Waals surface area contributed by atoms with Crippen LogP contribution < -0.4 is 5.56 Å². The van der Waals surface area contributed by atoms with Crippen molar-refractivity contribution in [2.45, 2.75) is 53.0 Å². The maximum absolute atomic E-state index is 11.7. The molecule has 192 valence electrons. The monoisotopic (exact) mass is 492 g/mol. The molecule has 0 atom stereocenters. The molecule has 0 N–H and O–H groups in total. The quantitative estimate of drug-likeness (QED) is 0.219. The number of rotatable bonds is 11. The van der Waals surface area contributed by atoms with Gasteiger partial charge in [-0.15, -0.1) is 0 Å². The second kappa shape index (κ2) is 15.4. The summed E-state index contributed by atoms with van der Waals surface area (Å²) in [5, 5.41) is 4.20. The number of ether oxygens (including phenoxy) is 2. The molecule has 0 aliphatic heterocycles. The Bertz CT molecular complexity index is 1190. The summed E-state index contributed by atoms with van der Waals surface area (Å²) in [5.41, 5.74) is 4.41. The van der Waals surface area contributed by atoms with Crippen LogP contribution >= 0.6 is 0 Å². The van der Waals surface area contributed by atoms with Crippen LogP contribution in [0.5, 0.6) is 0 Å². The van der Waals surface area contributed by atoms with Crippen molar-refractivity contribution in [3.63, 3.8) is 0 Å². The fraction of sp³-hybridized carbons (Fsp3) is 0.379. The zero-order chi connectivity index (χ0) is 26.3. The topological polar surface area (TPSA) is 87.5 Å². The third-order valence-electron chi connectivity index (χ3n) is 5.32. The summed E-state index contributed by atoms with van der Waals surface area (Å²) in [6, 6.07) is 18.5. The van der Waals surface area contributed by atoms with Crippen LogP contribution in [0, 0.1) is 13.8 Å². The Hall–Kier alpha value is -3.58. The van der Waals surface area contributed by atoms with Crippen molar-refractivity contribution in [1.82, 2.24) is 9.78 Å². The van der Waals surface area contributed by atoms with E-state index in [4.69, 9.17) is 9.47 Å². The molecule has 36 heavy (non-hydrogen) atoms. The highest BCUT2D eigenvalue weighted by molar-refractivity contribution is 5.96. The Balaban J connectivity index is 0.000000269. The molecule has 0 spiro atoms. The van der Waals surface area contributed by atoms with Crippen molar-refractivity contribution in [3.05, 3.63) is 99.0 Å². The van der Waals surface area contributed by atoms with Crippen LogP contribution in [-0.4, -0.2) is 41.9 Å². The molecule has 0 saturated heterocycles. The average Bonchev–Trinajstić information content (AvgIpc) is 2.85. The van der Waals surface area contributed by atoms with Gasteiger partial charge in [-0.2, -0.15) is 5.10 Å². The molecule has 0 amide bonds. The number of hydrogen-bond donors (Lipinski definition) is 0. The molecule has 0 unspecified atom stereocenters. The SMILES string of the molecule is CCOC(=O)Cc1cccc(Cn2nc(C)ccc2=O)c1.COCCCCC(=O)c1cccc(C)c1. The fourth-order valence-electron chi connectivity index (χ4n) is 3.55. The number of benzene rings is 2. The standard InChI is InChI=1S/C16H18N2O3.C13H18O2/c1-3-21-16(20)10-13-5-4-6-14(9-13)11-18-15(19)8-7-12(2)17-18;1-11-6-5-7-12(10-11)13(14)8-3-4-9-15-2/h4-9H,3,10-11H2,1-2H3;5-7,10H,3-4,8-9H2,1-2H3. The molecule has 0 saturated carbocycles. The van der Waals surface area contributed by atoms with E-state index >= 15 is 0 Å². The summed E-state index contributed by atoms with van der Waals surface area (Å²) < 4.78 is 11.3.